The van der Waals surface area contributed by atoms with Crippen LogP contribution in [-0.2, 0) is 0 Å². The molecule has 0 aliphatic carbocycles. The molecule has 2 heterocycles. The Morgan fingerprint density at radius 3 is 2.54 bits per heavy atom. The molecule has 1 aliphatic heterocycles. The number of benzene rings is 1. The maximum absolute atomic E-state index is 12.5. The van der Waals surface area contributed by atoms with Crippen LogP contribution in [0.25, 0.3) is 0 Å². The highest BCUT2D eigenvalue weighted by atomic mass is 16.2. The van der Waals surface area contributed by atoms with Crippen LogP contribution >= 0.6 is 0 Å². The van der Waals surface area contributed by atoms with Crippen molar-refractivity contribution in [3.63, 3.8) is 0 Å². The monoisotopic (exact) mass is 325 g/mol. The van der Waals surface area contributed by atoms with Gasteiger partial charge in [-0.05, 0) is 43.3 Å². The standard InChI is InChI=1S/C18H23N5O/c1-3-22-9-11-23(12-10-22)18(24)16-7-8-17(21-20-16)19-15-6-4-5-14(2)13-15/h4-8,13H,3,9-12H2,1-2H3,(H,19,21). The number of nitrogens with zero attached hydrogens (tertiary/aromatic N) is 4. The van der Waals surface area contributed by atoms with Gasteiger partial charge in [-0.2, -0.15) is 0 Å². The molecule has 1 aromatic carbocycles. The van der Waals surface area contributed by atoms with Gasteiger partial charge >= 0.3 is 0 Å². The number of rotatable bonds is 4. The van der Waals surface area contributed by atoms with Crippen LogP contribution in [0.5, 0.6) is 0 Å². The zero-order chi connectivity index (χ0) is 16.9. The lowest BCUT2D eigenvalue weighted by molar-refractivity contribution is 0.0636. The molecule has 0 atom stereocenters. The van der Waals surface area contributed by atoms with E-state index >= 15 is 0 Å². The third-order valence-corrected chi connectivity index (χ3v) is 4.28. The number of likely N-dealkylation sites (N-methyl/N-ethyl adjacent to an activating group) is 1. The molecule has 126 valence electrons. The second-order valence-electron chi connectivity index (χ2n) is 6.02. The normalized spacial score (nSPS) is 15.3. The molecular formula is C18H23N5O. The van der Waals surface area contributed by atoms with Crippen LogP contribution in [0.2, 0.25) is 0 Å². The van der Waals surface area contributed by atoms with Crippen molar-refractivity contribution < 1.29 is 4.79 Å². The fraction of sp³-hybridized carbons (Fsp3) is 0.389. The summed E-state index contributed by atoms with van der Waals surface area (Å²) in [6, 6.07) is 11.6. The highest BCUT2D eigenvalue weighted by Crippen LogP contribution is 2.15. The van der Waals surface area contributed by atoms with Gasteiger partial charge in [0.2, 0.25) is 0 Å². The molecule has 3 rings (SSSR count). The minimum Gasteiger partial charge on any atom is -0.339 e. The van der Waals surface area contributed by atoms with E-state index in [4.69, 9.17) is 0 Å². The minimum atomic E-state index is -0.0413. The topological polar surface area (TPSA) is 61.4 Å². The van der Waals surface area contributed by atoms with E-state index in [1.165, 1.54) is 5.56 Å². The molecule has 1 aromatic heterocycles. The molecule has 1 saturated heterocycles. The van der Waals surface area contributed by atoms with Crippen LogP contribution < -0.4 is 5.32 Å². The Morgan fingerprint density at radius 1 is 1.12 bits per heavy atom. The summed E-state index contributed by atoms with van der Waals surface area (Å²) < 4.78 is 0. The molecule has 0 radical (unpaired) electrons. The Labute approximate surface area is 142 Å². The highest BCUT2D eigenvalue weighted by molar-refractivity contribution is 5.92. The van der Waals surface area contributed by atoms with Crippen molar-refractivity contribution in [2.45, 2.75) is 13.8 Å². The molecule has 0 spiro atoms. The smallest absolute Gasteiger partial charge is 0.274 e. The third kappa shape index (κ3) is 3.89. The molecule has 0 bridgehead atoms. The Hall–Kier alpha value is -2.47. The van der Waals surface area contributed by atoms with Gasteiger partial charge in [-0.25, -0.2) is 0 Å². The average Bonchev–Trinajstić information content (AvgIpc) is 2.62. The first-order valence-corrected chi connectivity index (χ1v) is 8.35. The molecule has 6 nitrogen and oxygen atoms in total. The van der Waals surface area contributed by atoms with Gasteiger partial charge in [0.25, 0.3) is 5.91 Å². The SMILES string of the molecule is CCN1CCN(C(=O)c2ccc(Nc3cccc(C)c3)nn2)CC1. The van der Waals surface area contributed by atoms with E-state index in [0.717, 1.165) is 38.4 Å². The fourth-order valence-corrected chi connectivity index (χ4v) is 2.81. The molecular weight excluding hydrogens is 302 g/mol. The van der Waals surface area contributed by atoms with E-state index in [9.17, 15) is 4.79 Å². The molecule has 1 fully saturated rings. The average molecular weight is 325 g/mol. The summed E-state index contributed by atoms with van der Waals surface area (Å²) >= 11 is 0. The van der Waals surface area contributed by atoms with Gasteiger partial charge in [0.05, 0.1) is 0 Å². The van der Waals surface area contributed by atoms with E-state index in [-0.39, 0.29) is 5.91 Å². The Bertz CT molecular complexity index is 693. The van der Waals surface area contributed by atoms with Crippen LogP contribution in [0, 0.1) is 6.92 Å². The fourth-order valence-electron chi connectivity index (χ4n) is 2.81. The highest BCUT2D eigenvalue weighted by Gasteiger charge is 2.22. The number of nitrogens with one attached hydrogen (secondary N) is 1. The van der Waals surface area contributed by atoms with Crippen LogP contribution in [-0.4, -0.2) is 58.6 Å². The molecule has 0 unspecified atom stereocenters. The first kappa shape index (κ1) is 16.4. The van der Waals surface area contributed by atoms with Crippen LogP contribution in [0.1, 0.15) is 23.0 Å². The van der Waals surface area contributed by atoms with Gasteiger partial charge in [0.1, 0.15) is 0 Å². The number of piperazine rings is 1. The maximum atomic E-state index is 12.5. The predicted molar refractivity (Wildman–Crippen MR) is 94.5 cm³/mol. The summed E-state index contributed by atoms with van der Waals surface area (Å²) in [4.78, 5) is 16.7. The van der Waals surface area contributed by atoms with Gasteiger partial charge in [-0.15, -0.1) is 10.2 Å². The summed E-state index contributed by atoms with van der Waals surface area (Å²) in [5, 5.41) is 11.4. The van der Waals surface area contributed by atoms with Crippen LogP contribution in [0.3, 0.4) is 0 Å². The van der Waals surface area contributed by atoms with Crippen molar-refractivity contribution in [3.05, 3.63) is 47.7 Å². The first-order chi connectivity index (χ1) is 11.7. The largest absolute Gasteiger partial charge is 0.339 e. The van der Waals surface area contributed by atoms with E-state index in [1.54, 1.807) is 12.1 Å². The molecule has 1 aliphatic rings. The van der Waals surface area contributed by atoms with Gasteiger partial charge < -0.3 is 15.1 Å². The number of amides is 1. The third-order valence-electron chi connectivity index (χ3n) is 4.28. The van der Waals surface area contributed by atoms with Crippen LogP contribution in [0.15, 0.2) is 36.4 Å². The van der Waals surface area contributed by atoms with Crippen molar-refractivity contribution in [1.29, 1.82) is 0 Å². The molecule has 6 heteroatoms. The van der Waals surface area contributed by atoms with Gasteiger partial charge in [0.15, 0.2) is 11.5 Å². The molecule has 1 amide bonds. The molecule has 2 aromatic rings. The van der Waals surface area contributed by atoms with E-state index in [0.29, 0.717) is 11.5 Å². The lowest BCUT2D eigenvalue weighted by atomic mass is 10.2. The van der Waals surface area contributed by atoms with Crippen LogP contribution in [0.4, 0.5) is 11.5 Å². The first-order valence-electron chi connectivity index (χ1n) is 8.35. The number of anilines is 2. The van der Waals surface area contributed by atoms with Crippen molar-refractivity contribution in [1.82, 2.24) is 20.0 Å². The van der Waals surface area contributed by atoms with Gasteiger partial charge in [-0.3, -0.25) is 4.79 Å². The number of hydrogen-bond acceptors (Lipinski definition) is 5. The summed E-state index contributed by atoms with van der Waals surface area (Å²) in [6.07, 6.45) is 0. The minimum absolute atomic E-state index is 0.0413. The van der Waals surface area contributed by atoms with Crippen molar-refractivity contribution >= 4 is 17.4 Å². The second-order valence-corrected chi connectivity index (χ2v) is 6.02. The zero-order valence-electron chi connectivity index (χ0n) is 14.2. The predicted octanol–water partition coefficient (Wildman–Crippen LogP) is 2.31. The Balaban J connectivity index is 1.63. The number of aryl methyl sites for hydroxylation is 1. The van der Waals surface area contributed by atoms with Gasteiger partial charge in [0, 0.05) is 31.9 Å². The van der Waals surface area contributed by atoms with E-state index < -0.39 is 0 Å². The van der Waals surface area contributed by atoms with Crippen molar-refractivity contribution in [2.24, 2.45) is 0 Å². The summed E-state index contributed by atoms with van der Waals surface area (Å²) in [5.74, 6) is 0.591. The van der Waals surface area contributed by atoms with E-state index in [2.05, 4.69) is 27.3 Å². The molecule has 24 heavy (non-hydrogen) atoms. The Kier molecular flexibility index (Phi) is 5.05. The summed E-state index contributed by atoms with van der Waals surface area (Å²) in [6.45, 7) is 8.54. The number of carbonyl (C=O) groups is 1. The Morgan fingerprint density at radius 2 is 1.92 bits per heavy atom. The number of carbonyl (C=O) groups excluding carboxylic acids is 1. The van der Waals surface area contributed by atoms with E-state index in [1.807, 2.05) is 36.1 Å². The summed E-state index contributed by atoms with van der Waals surface area (Å²) in [7, 11) is 0. The number of aromatic nitrogens is 2. The van der Waals surface area contributed by atoms with Crippen molar-refractivity contribution in [3.8, 4) is 0 Å². The van der Waals surface area contributed by atoms with Gasteiger partial charge in [-0.1, -0.05) is 19.1 Å². The second kappa shape index (κ2) is 7.40. The lowest BCUT2D eigenvalue weighted by Gasteiger charge is -2.33. The molecule has 0 saturated carbocycles. The van der Waals surface area contributed by atoms with Crippen molar-refractivity contribution in [2.75, 3.05) is 38.0 Å². The lowest BCUT2D eigenvalue weighted by Crippen LogP contribution is -2.48. The number of hydrogen-bond donors (Lipinski definition) is 1. The molecule has 1 N–H and O–H groups in total. The maximum Gasteiger partial charge on any atom is 0.274 e. The summed E-state index contributed by atoms with van der Waals surface area (Å²) in [5.41, 5.74) is 2.53. The quantitative estimate of drug-likeness (QED) is 0.935. The zero-order valence-corrected chi connectivity index (χ0v) is 14.2.